The van der Waals surface area contributed by atoms with Crippen molar-refractivity contribution in [3.63, 3.8) is 0 Å². The van der Waals surface area contributed by atoms with Gasteiger partial charge in [0, 0.05) is 41.4 Å². The first kappa shape index (κ1) is 20.4. The summed E-state index contributed by atoms with van der Waals surface area (Å²) in [4.78, 5) is 2.31. The molecule has 0 aliphatic carbocycles. The van der Waals surface area contributed by atoms with Gasteiger partial charge in [0.15, 0.2) is 0 Å². The molecule has 0 radical (unpaired) electrons. The first-order valence-electron chi connectivity index (χ1n) is 9.91. The van der Waals surface area contributed by atoms with Crippen LogP contribution in [0.2, 0.25) is 0 Å². The zero-order valence-electron chi connectivity index (χ0n) is 17.4. The number of aromatic nitrogens is 1. The van der Waals surface area contributed by atoms with Crippen molar-refractivity contribution in [2.24, 2.45) is 0 Å². The van der Waals surface area contributed by atoms with E-state index in [2.05, 4.69) is 53.6 Å². The molecule has 29 heavy (non-hydrogen) atoms. The standard InChI is InChI=1S/C25H26FN3/c1-5-28(6-2)22-11-13-23(14-12-22)29-18(3)15-20(19(29)4)16-21(17-27)24-9-7-8-10-25(24)26/h7-16H,5-6H2,1-4H3/b21-16-. The molecule has 0 fully saturated rings. The van der Waals surface area contributed by atoms with E-state index in [1.807, 2.05) is 19.9 Å². The predicted octanol–water partition coefficient (Wildman–Crippen LogP) is 6.14. The summed E-state index contributed by atoms with van der Waals surface area (Å²) in [5.41, 5.74) is 5.91. The van der Waals surface area contributed by atoms with Crippen LogP contribution in [0.25, 0.3) is 17.3 Å². The van der Waals surface area contributed by atoms with Crippen molar-refractivity contribution in [2.45, 2.75) is 27.7 Å². The number of hydrogen-bond acceptors (Lipinski definition) is 2. The van der Waals surface area contributed by atoms with Crippen LogP contribution < -0.4 is 4.90 Å². The fraction of sp³-hybridized carbons (Fsp3) is 0.240. The highest BCUT2D eigenvalue weighted by Gasteiger charge is 2.13. The maximum absolute atomic E-state index is 14.1. The lowest BCUT2D eigenvalue weighted by Crippen LogP contribution is -2.21. The van der Waals surface area contributed by atoms with Crippen LogP contribution in [0.15, 0.2) is 54.6 Å². The van der Waals surface area contributed by atoms with Gasteiger partial charge >= 0.3 is 0 Å². The molecule has 0 aliphatic heterocycles. The molecule has 4 heteroatoms. The summed E-state index contributed by atoms with van der Waals surface area (Å²) in [6.07, 6.45) is 1.77. The van der Waals surface area contributed by atoms with Gasteiger partial charge in [-0.2, -0.15) is 5.26 Å². The Bertz CT molecular complexity index is 1060. The fourth-order valence-electron chi connectivity index (χ4n) is 3.74. The van der Waals surface area contributed by atoms with E-state index in [1.165, 1.54) is 11.8 Å². The molecule has 1 aromatic heterocycles. The van der Waals surface area contributed by atoms with Crippen LogP contribution in [-0.4, -0.2) is 17.7 Å². The van der Waals surface area contributed by atoms with E-state index in [1.54, 1.807) is 24.3 Å². The summed E-state index contributed by atoms with van der Waals surface area (Å²) in [6.45, 7) is 10.3. The number of anilines is 1. The zero-order valence-corrected chi connectivity index (χ0v) is 17.4. The van der Waals surface area contributed by atoms with E-state index in [0.717, 1.165) is 35.7 Å². The Kier molecular flexibility index (Phi) is 6.19. The van der Waals surface area contributed by atoms with Crippen molar-refractivity contribution in [1.29, 1.82) is 5.26 Å². The number of allylic oxidation sites excluding steroid dienone is 1. The van der Waals surface area contributed by atoms with Crippen LogP contribution in [0.1, 0.15) is 36.4 Å². The minimum atomic E-state index is -0.388. The van der Waals surface area contributed by atoms with Crippen molar-refractivity contribution in [1.82, 2.24) is 4.57 Å². The smallest absolute Gasteiger partial charge is 0.131 e. The maximum Gasteiger partial charge on any atom is 0.131 e. The Labute approximate surface area is 172 Å². The van der Waals surface area contributed by atoms with Crippen molar-refractivity contribution >= 4 is 17.3 Å². The van der Waals surface area contributed by atoms with Crippen LogP contribution in [0.5, 0.6) is 0 Å². The number of nitriles is 1. The van der Waals surface area contributed by atoms with Crippen molar-refractivity contribution < 1.29 is 4.39 Å². The average molecular weight is 388 g/mol. The molecule has 0 aliphatic rings. The summed E-state index contributed by atoms with van der Waals surface area (Å²) in [7, 11) is 0. The molecule has 0 saturated carbocycles. The molecule has 0 saturated heterocycles. The van der Waals surface area contributed by atoms with Gasteiger partial charge in [-0.3, -0.25) is 0 Å². The van der Waals surface area contributed by atoms with Gasteiger partial charge in [0.1, 0.15) is 5.82 Å². The second-order valence-corrected chi connectivity index (χ2v) is 7.00. The molecule has 0 spiro atoms. The van der Waals surface area contributed by atoms with Crippen LogP contribution in [0.4, 0.5) is 10.1 Å². The summed E-state index contributed by atoms with van der Waals surface area (Å²) in [6, 6.07) is 19.1. The molecular weight excluding hydrogens is 361 g/mol. The van der Waals surface area contributed by atoms with Crippen LogP contribution in [0, 0.1) is 31.0 Å². The lowest BCUT2D eigenvalue weighted by atomic mass is 10.0. The van der Waals surface area contributed by atoms with Gasteiger partial charge in [-0.1, -0.05) is 18.2 Å². The highest BCUT2D eigenvalue weighted by Crippen LogP contribution is 2.27. The van der Waals surface area contributed by atoms with E-state index in [9.17, 15) is 9.65 Å². The maximum atomic E-state index is 14.1. The molecule has 0 amide bonds. The van der Waals surface area contributed by atoms with Gasteiger partial charge in [0.2, 0.25) is 0 Å². The number of rotatable bonds is 6. The lowest BCUT2D eigenvalue weighted by Gasteiger charge is -2.21. The fourth-order valence-corrected chi connectivity index (χ4v) is 3.74. The van der Waals surface area contributed by atoms with E-state index in [4.69, 9.17) is 0 Å². The number of nitrogens with zero attached hydrogens (tertiary/aromatic N) is 3. The van der Waals surface area contributed by atoms with Crippen molar-refractivity contribution in [3.8, 4) is 11.8 Å². The van der Waals surface area contributed by atoms with Gasteiger partial charge in [-0.25, -0.2) is 4.39 Å². The monoisotopic (exact) mass is 387 g/mol. The van der Waals surface area contributed by atoms with Crippen LogP contribution >= 0.6 is 0 Å². The first-order valence-corrected chi connectivity index (χ1v) is 9.91. The average Bonchev–Trinajstić information content (AvgIpc) is 3.01. The minimum absolute atomic E-state index is 0.320. The molecule has 0 unspecified atom stereocenters. The topological polar surface area (TPSA) is 32.0 Å². The minimum Gasteiger partial charge on any atom is -0.372 e. The Morgan fingerprint density at radius 3 is 2.31 bits per heavy atom. The van der Waals surface area contributed by atoms with Crippen molar-refractivity contribution in [2.75, 3.05) is 18.0 Å². The second kappa shape index (κ2) is 8.79. The Balaban J connectivity index is 2.01. The number of hydrogen-bond donors (Lipinski definition) is 0. The van der Waals surface area contributed by atoms with Gasteiger partial charge in [0.25, 0.3) is 0 Å². The number of aryl methyl sites for hydroxylation is 1. The molecule has 3 nitrogen and oxygen atoms in total. The molecule has 3 aromatic rings. The molecular formula is C25H26FN3. The lowest BCUT2D eigenvalue weighted by molar-refractivity contribution is 0.624. The highest BCUT2D eigenvalue weighted by molar-refractivity contribution is 5.90. The Hall–Kier alpha value is -3.32. The zero-order chi connectivity index (χ0) is 21.0. The summed E-state index contributed by atoms with van der Waals surface area (Å²) in [5.74, 6) is -0.388. The molecule has 148 valence electrons. The van der Waals surface area contributed by atoms with Gasteiger partial charge < -0.3 is 9.47 Å². The van der Waals surface area contributed by atoms with Crippen LogP contribution in [-0.2, 0) is 0 Å². The van der Waals surface area contributed by atoms with E-state index in [0.29, 0.717) is 11.1 Å². The number of halogens is 1. The summed E-state index contributed by atoms with van der Waals surface area (Å²) in [5, 5.41) is 9.58. The molecule has 2 aromatic carbocycles. The third-order valence-electron chi connectivity index (χ3n) is 5.29. The van der Waals surface area contributed by atoms with Gasteiger partial charge in [0.05, 0.1) is 11.6 Å². The van der Waals surface area contributed by atoms with Gasteiger partial charge in [-0.05, 0) is 75.7 Å². The van der Waals surface area contributed by atoms with E-state index < -0.39 is 0 Å². The highest BCUT2D eigenvalue weighted by atomic mass is 19.1. The Morgan fingerprint density at radius 1 is 1.07 bits per heavy atom. The Morgan fingerprint density at radius 2 is 1.72 bits per heavy atom. The molecule has 0 N–H and O–H groups in total. The van der Waals surface area contributed by atoms with E-state index >= 15 is 0 Å². The quantitative estimate of drug-likeness (QED) is 0.476. The van der Waals surface area contributed by atoms with Crippen molar-refractivity contribution in [3.05, 3.63) is 82.9 Å². The predicted molar refractivity (Wildman–Crippen MR) is 119 cm³/mol. The summed E-state index contributed by atoms with van der Waals surface area (Å²) < 4.78 is 16.3. The number of benzene rings is 2. The summed E-state index contributed by atoms with van der Waals surface area (Å²) >= 11 is 0. The second-order valence-electron chi connectivity index (χ2n) is 7.00. The third kappa shape index (κ3) is 4.09. The largest absolute Gasteiger partial charge is 0.372 e. The molecule has 0 bridgehead atoms. The van der Waals surface area contributed by atoms with Gasteiger partial charge in [-0.15, -0.1) is 0 Å². The third-order valence-corrected chi connectivity index (χ3v) is 5.29. The van der Waals surface area contributed by atoms with Crippen LogP contribution in [0.3, 0.4) is 0 Å². The normalized spacial score (nSPS) is 11.4. The molecule has 0 atom stereocenters. The SMILES string of the molecule is CCN(CC)c1ccc(-n2c(C)cc(/C=C(/C#N)c3ccccc3F)c2C)cc1. The molecule has 3 rings (SSSR count). The first-order chi connectivity index (χ1) is 14.0. The van der Waals surface area contributed by atoms with E-state index in [-0.39, 0.29) is 5.82 Å². The molecule has 1 heterocycles.